The Labute approximate surface area is 170 Å². The fourth-order valence-corrected chi connectivity index (χ4v) is 11.1. The zero-order chi connectivity index (χ0) is 19.3. The Hall–Kier alpha value is -0.163. The largest absolute Gasteiger partial charge is 0.315 e. The van der Waals surface area contributed by atoms with E-state index in [0.29, 0.717) is 0 Å². The third kappa shape index (κ3) is 4.54. The Kier molecular flexibility index (Phi) is 8.01. The van der Waals surface area contributed by atoms with Crippen LogP contribution in [0.5, 0.6) is 0 Å². The zero-order valence-corrected chi connectivity index (χ0v) is 19.5. The first-order valence-corrected chi connectivity index (χ1v) is 13.9. The molecular weight excluding hydrogens is 346 g/mol. The van der Waals surface area contributed by atoms with Crippen LogP contribution < -0.4 is 0 Å². The summed E-state index contributed by atoms with van der Waals surface area (Å²) >= 11 is 0. The van der Waals surface area contributed by atoms with Gasteiger partial charge in [-0.3, -0.25) is 13.7 Å². The second kappa shape index (κ2) is 10.0. The first-order valence-electron chi connectivity index (χ1n) is 11.9. The monoisotopic (exact) mass is 391 g/mol. The molecule has 156 valence electrons. The summed E-state index contributed by atoms with van der Waals surface area (Å²) in [5, 5.41) is 0. The van der Waals surface area contributed by atoms with Crippen molar-refractivity contribution in [2.24, 2.45) is 0 Å². The van der Waals surface area contributed by atoms with Crippen LogP contribution in [0.4, 0.5) is 0 Å². The van der Waals surface area contributed by atoms with Crippen LogP contribution in [-0.4, -0.2) is 61.5 Å². The lowest BCUT2D eigenvalue weighted by atomic mass is 9.96. The van der Waals surface area contributed by atoms with Crippen molar-refractivity contribution in [3.63, 3.8) is 0 Å². The average Bonchev–Trinajstić information content (AvgIpc) is 2.76. The van der Waals surface area contributed by atoms with E-state index in [0.717, 1.165) is 18.1 Å². The van der Waals surface area contributed by atoms with E-state index in [1.807, 2.05) is 0 Å². The molecule has 3 rings (SSSR count). The highest BCUT2D eigenvalue weighted by Gasteiger charge is 2.51. The molecule has 0 aliphatic heterocycles. The maximum Gasteiger partial charge on any atom is 0.315 e. The van der Waals surface area contributed by atoms with Crippen LogP contribution in [0.1, 0.15) is 96.3 Å². The van der Waals surface area contributed by atoms with Gasteiger partial charge in [-0.1, -0.05) is 63.5 Å². The topological polar surface area (TPSA) is 9.72 Å². The van der Waals surface area contributed by atoms with Crippen molar-refractivity contribution in [1.29, 1.82) is 0 Å². The molecule has 3 nitrogen and oxygen atoms in total. The van der Waals surface area contributed by atoms with Crippen molar-refractivity contribution < 1.29 is 0 Å². The highest BCUT2D eigenvalue weighted by molar-refractivity contribution is 6.76. The fourth-order valence-electron chi connectivity index (χ4n) is 6.39. The van der Waals surface area contributed by atoms with Crippen molar-refractivity contribution in [3.8, 4) is 0 Å². The molecule has 3 aliphatic carbocycles. The van der Waals surface area contributed by atoms with Gasteiger partial charge in [-0.05, 0) is 59.7 Å². The first kappa shape index (κ1) is 21.5. The normalized spacial score (nSPS) is 24.8. The van der Waals surface area contributed by atoms with Crippen LogP contribution >= 0.6 is 0 Å². The molecule has 0 atom stereocenters. The molecule has 3 aliphatic rings. The van der Waals surface area contributed by atoms with Gasteiger partial charge in [-0.2, -0.15) is 0 Å². The Morgan fingerprint density at radius 3 is 1.04 bits per heavy atom. The van der Waals surface area contributed by atoms with Gasteiger partial charge < -0.3 is 0 Å². The van der Waals surface area contributed by atoms with Crippen molar-refractivity contribution in [1.82, 2.24) is 13.7 Å². The van der Waals surface area contributed by atoms with Crippen molar-refractivity contribution in [3.05, 3.63) is 12.3 Å². The summed E-state index contributed by atoms with van der Waals surface area (Å²) in [4.78, 5) is 0. The minimum atomic E-state index is -2.08. The summed E-state index contributed by atoms with van der Waals surface area (Å²) < 4.78 is 8.59. The number of hydrogen-bond donors (Lipinski definition) is 0. The predicted octanol–water partition coefficient (Wildman–Crippen LogP) is 5.44. The number of nitrogens with zero attached hydrogens (tertiary/aromatic N) is 3. The predicted molar refractivity (Wildman–Crippen MR) is 120 cm³/mol. The highest BCUT2D eigenvalue weighted by atomic mass is 28.4. The molecule has 0 spiro atoms. The van der Waals surface area contributed by atoms with Crippen LogP contribution in [0.15, 0.2) is 12.3 Å². The van der Waals surface area contributed by atoms with Crippen molar-refractivity contribution in [2.75, 3.05) is 21.1 Å². The Balaban J connectivity index is 1.90. The van der Waals surface area contributed by atoms with Crippen molar-refractivity contribution >= 4 is 8.56 Å². The molecular formula is C23H45N3Si. The van der Waals surface area contributed by atoms with Gasteiger partial charge in [0.05, 0.1) is 0 Å². The number of hydrogen-bond acceptors (Lipinski definition) is 3. The van der Waals surface area contributed by atoms with Crippen LogP contribution in [0.2, 0.25) is 0 Å². The summed E-state index contributed by atoms with van der Waals surface area (Å²) in [5.41, 5.74) is 2.44. The van der Waals surface area contributed by atoms with Crippen LogP contribution in [0.25, 0.3) is 0 Å². The fraction of sp³-hybridized carbons (Fsp3) is 0.913. The van der Waals surface area contributed by atoms with E-state index < -0.39 is 8.56 Å². The molecule has 0 aromatic rings. The standard InChI is InChI=1S/C23H45N3Si/c1-5-27(24(2)21-15-9-6-10-16-21,25(3)22-17-11-7-12-18-22)26(4)23-19-13-8-14-20-23/h5,21-23H,1,6-20H2,2-4H3. The van der Waals surface area contributed by atoms with E-state index in [4.69, 9.17) is 0 Å². The molecule has 0 aromatic carbocycles. The third-order valence-electron chi connectivity index (χ3n) is 8.20. The Morgan fingerprint density at radius 2 is 0.815 bits per heavy atom. The molecule has 0 saturated heterocycles. The number of rotatable bonds is 7. The maximum absolute atomic E-state index is 4.52. The van der Waals surface area contributed by atoms with E-state index in [2.05, 4.69) is 47.1 Å². The van der Waals surface area contributed by atoms with E-state index in [9.17, 15) is 0 Å². The van der Waals surface area contributed by atoms with E-state index >= 15 is 0 Å². The smallest absolute Gasteiger partial charge is 0.296 e. The van der Waals surface area contributed by atoms with Gasteiger partial charge in [0.1, 0.15) is 0 Å². The third-order valence-corrected chi connectivity index (χ3v) is 13.0. The van der Waals surface area contributed by atoms with E-state index in [1.165, 1.54) is 96.3 Å². The Morgan fingerprint density at radius 1 is 0.556 bits per heavy atom. The summed E-state index contributed by atoms with van der Waals surface area (Å²) in [6.45, 7) is 4.52. The molecule has 0 unspecified atom stereocenters. The molecule has 0 bridgehead atoms. The lowest BCUT2D eigenvalue weighted by Gasteiger charge is -2.56. The van der Waals surface area contributed by atoms with Gasteiger partial charge in [-0.15, -0.1) is 6.58 Å². The first-order chi connectivity index (χ1) is 13.1. The molecule has 0 heterocycles. The second-order valence-corrected chi connectivity index (χ2v) is 13.5. The quantitative estimate of drug-likeness (QED) is 0.535. The summed E-state index contributed by atoms with van der Waals surface area (Å²) in [5.74, 6) is 0. The van der Waals surface area contributed by atoms with Gasteiger partial charge in [0.2, 0.25) is 0 Å². The molecule has 4 heteroatoms. The van der Waals surface area contributed by atoms with Crippen molar-refractivity contribution in [2.45, 2.75) is 114 Å². The zero-order valence-electron chi connectivity index (χ0n) is 18.5. The SMILES string of the molecule is C=C[Si](N(C)C1CCCCC1)(N(C)C1CCCCC1)N(C)C1CCCCC1. The highest BCUT2D eigenvalue weighted by Crippen LogP contribution is 2.35. The van der Waals surface area contributed by atoms with Gasteiger partial charge in [0.15, 0.2) is 0 Å². The maximum atomic E-state index is 4.52. The Bertz CT molecular complexity index is 391. The summed E-state index contributed by atoms with van der Waals surface area (Å²) in [6, 6.07) is 2.25. The average molecular weight is 392 g/mol. The second-order valence-electron chi connectivity index (χ2n) is 9.60. The van der Waals surface area contributed by atoms with Crippen LogP contribution in [0.3, 0.4) is 0 Å². The molecule has 27 heavy (non-hydrogen) atoms. The van der Waals surface area contributed by atoms with Crippen LogP contribution in [0, 0.1) is 0 Å². The minimum Gasteiger partial charge on any atom is -0.296 e. The van der Waals surface area contributed by atoms with Gasteiger partial charge in [0.25, 0.3) is 0 Å². The summed E-state index contributed by atoms with van der Waals surface area (Å²) in [7, 11) is 5.30. The molecule has 0 amide bonds. The molecule has 3 fully saturated rings. The molecule has 0 aromatic heterocycles. The van der Waals surface area contributed by atoms with Gasteiger partial charge in [-0.25, -0.2) is 0 Å². The van der Waals surface area contributed by atoms with E-state index in [-0.39, 0.29) is 0 Å². The lowest BCUT2D eigenvalue weighted by Crippen LogP contribution is -2.76. The lowest BCUT2D eigenvalue weighted by molar-refractivity contribution is 0.160. The molecule has 3 saturated carbocycles. The molecule has 0 N–H and O–H groups in total. The van der Waals surface area contributed by atoms with Gasteiger partial charge in [0, 0.05) is 18.1 Å². The molecule has 0 radical (unpaired) electrons. The summed E-state index contributed by atoms with van der Waals surface area (Å²) in [6.07, 6.45) is 21.1. The van der Waals surface area contributed by atoms with E-state index in [1.54, 1.807) is 0 Å². The van der Waals surface area contributed by atoms with Crippen LogP contribution in [-0.2, 0) is 0 Å². The minimum absolute atomic E-state index is 0.750. The van der Waals surface area contributed by atoms with Gasteiger partial charge >= 0.3 is 8.56 Å².